The van der Waals surface area contributed by atoms with E-state index in [1.807, 2.05) is 32.0 Å². The normalized spacial score (nSPS) is 10.5. The Morgan fingerprint density at radius 3 is 2.62 bits per heavy atom. The smallest absolute Gasteiger partial charge is 0.264 e. The number of hydrogen-bond donors (Lipinski definition) is 1. The van der Waals surface area contributed by atoms with Gasteiger partial charge >= 0.3 is 0 Å². The van der Waals surface area contributed by atoms with Gasteiger partial charge < -0.3 is 19.7 Å². The van der Waals surface area contributed by atoms with E-state index in [1.54, 1.807) is 24.3 Å². The van der Waals surface area contributed by atoms with Gasteiger partial charge in [-0.3, -0.25) is 4.79 Å². The number of nitrogens with two attached hydrogens (primary N) is 1. The van der Waals surface area contributed by atoms with Crippen molar-refractivity contribution in [1.82, 2.24) is 10.1 Å². The van der Waals surface area contributed by atoms with Crippen LogP contribution in [-0.4, -0.2) is 22.7 Å². The molecule has 1 aromatic heterocycles. The number of carbonyl (C=O) groups excluding carboxylic acids is 1. The molecule has 0 fully saturated rings. The lowest BCUT2D eigenvalue weighted by atomic mass is 10.1. The van der Waals surface area contributed by atoms with Crippen LogP contribution >= 0.6 is 0 Å². The molecule has 2 aromatic carbocycles. The Morgan fingerprint density at radius 2 is 1.88 bits per heavy atom. The van der Waals surface area contributed by atoms with Crippen molar-refractivity contribution in [3.63, 3.8) is 0 Å². The zero-order valence-corrected chi connectivity index (χ0v) is 14.6. The summed E-state index contributed by atoms with van der Waals surface area (Å²) in [5.74, 6) is 1.64. The minimum atomic E-state index is -0.527. The number of benzene rings is 2. The summed E-state index contributed by atoms with van der Waals surface area (Å²) in [6.45, 7) is 4.06. The van der Waals surface area contributed by atoms with Gasteiger partial charge in [-0.15, -0.1) is 0 Å². The van der Waals surface area contributed by atoms with Crippen molar-refractivity contribution >= 4 is 5.91 Å². The van der Waals surface area contributed by atoms with Crippen LogP contribution < -0.4 is 15.2 Å². The van der Waals surface area contributed by atoms with Gasteiger partial charge in [-0.1, -0.05) is 17.3 Å². The average Bonchev–Trinajstić information content (AvgIpc) is 3.10. The Kier molecular flexibility index (Phi) is 5.17. The Balaban J connectivity index is 1.64. The number of hydrogen-bond acceptors (Lipinski definition) is 6. The Hall–Kier alpha value is -3.35. The number of nitrogens with zero attached hydrogens (tertiary/aromatic N) is 2. The number of primary amides is 1. The van der Waals surface area contributed by atoms with E-state index >= 15 is 0 Å². The molecule has 0 unspecified atom stereocenters. The lowest BCUT2D eigenvalue weighted by Gasteiger charge is -2.08. The van der Waals surface area contributed by atoms with E-state index < -0.39 is 5.91 Å². The van der Waals surface area contributed by atoms with Crippen molar-refractivity contribution in [2.24, 2.45) is 5.73 Å². The van der Waals surface area contributed by atoms with Crippen LogP contribution in [0.5, 0.6) is 11.5 Å². The van der Waals surface area contributed by atoms with Gasteiger partial charge in [-0.2, -0.15) is 4.98 Å². The number of aromatic nitrogens is 2. The summed E-state index contributed by atoms with van der Waals surface area (Å²) >= 11 is 0. The molecule has 1 amide bonds. The fourth-order valence-corrected chi connectivity index (χ4v) is 2.31. The van der Waals surface area contributed by atoms with E-state index in [9.17, 15) is 4.79 Å². The van der Waals surface area contributed by atoms with Crippen LogP contribution in [0.1, 0.15) is 17.0 Å². The SMILES string of the molecule is Cc1cccc(OCc2nc(-c3ccc(OCC(N)=O)cc3)no2)c1C. The highest BCUT2D eigenvalue weighted by Gasteiger charge is 2.11. The second kappa shape index (κ2) is 7.69. The molecule has 0 atom stereocenters. The van der Waals surface area contributed by atoms with Gasteiger partial charge in [0.2, 0.25) is 5.82 Å². The molecule has 3 rings (SSSR count). The van der Waals surface area contributed by atoms with E-state index in [-0.39, 0.29) is 13.2 Å². The molecule has 0 bridgehead atoms. The molecular formula is C19H19N3O4. The summed E-state index contributed by atoms with van der Waals surface area (Å²) in [6, 6.07) is 12.8. The third-order valence-corrected chi connectivity index (χ3v) is 3.87. The van der Waals surface area contributed by atoms with Crippen LogP contribution in [0.2, 0.25) is 0 Å². The third-order valence-electron chi connectivity index (χ3n) is 3.87. The molecule has 1 heterocycles. The predicted octanol–water partition coefficient (Wildman–Crippen LogP) is 2.80. The molecule has 0 saturated carbocycles. The Morgan fingerprint density at radius 1 is 1.12 bits per heavy atom. The maximum absolute atomic E-state index is 10.7. The van der Waals surface area contributed by atoms with Crippen LogP contribution in [-0.2, 0) is 11.4 Å². The number of carbonyl (C=O) groups is 1. The first kappa shape index (κ1) is 17.5. The van der Waals surface area contributed by atoms with Crippen LogP contribution in [0, 0.1) is 13.8 Å². The van der Waals surface area contributed by atoms with Crippen molar-refractivity contribution < 1.29 is 18.8 Å². The molecule has 26 heavy (non-hydrogen) atoms. The molecule has 0 aliphatic heterocycles. The fraction of sp³-hybridized carbons (Fsp3) is 0.211. The van der Waals surface area contributed by atoms with Gasteiger partial charge in [0.15, 0.2) is 13.2 Å². The largest absolute Gasteiger partial charge is 0.484 e. The average molecular weight is 353 g/mol. The van der Waals surface area contributed by atoms with E-state index in [1.165, 1.54) is 0 Å². The molecule has 0 radical (unpaired) electrons. The van der Waals surface area contributed by atoms with Crippen molar-refractivity contribution in [3.8, 4) is 22.9 Å². The van der Waals surface area contributed by atoms with Crippen LogP contribution in [0.25, 0.3) is 11.4 Å². The van der Waals surface area contributed by atoms with Crippen LogP contribution in [0.15, 0.2) is 47.0 Å². The molecule has 2 N–H and O–H groups in total. The van der Waals surface area contributed by atoms with Crippen LogP contribution in [0.3, 0.4) is 0 Å². The van der Waals surface area contributed by atoms with Gasteiger partial charge in [-0.05, 0) is 55.3 Å². The first-order valence-electron chi connectivity index (χ1n) is 8.06. The number of ether oxygens (including phenoxy) is 2. The molecule has 0 spiro atoms. The highest BCUT2D eigenvalue weighted by molar-refractivity contribution is 5.75. The minimum Gasteiger partial charge on any atom is -0.484 e. The first-order chi connectivity index (χ1) is 12.5. The standard InChI is InChI=1S/C19H19N3O4/c1-12-4-3-5-16(13(12)2)25-11-18-21-19(22-26-18)14-6-8-15(9-7-14)24-10-17(20)23/h3-9H,10-11H2,1-2H3,(H2,20,23). The lowest BCUT2D eigenvalue weighted by Crippen LogP contribution is -2.19. The molecule has 3 aromatic rings. The third kappa shape index (κ3) is 4.18. The van der Waals surface area contributed by atoms with Gasteiger partial charge in [0.05, 0.1) is 0 Å². The fourth-order valence-electron chi connectivity index (χ4n) is 2.31. The van der Waals surface area contributed by atoms with E-state index in [0.717, 1.165) is 22.4 Å². The number of amides is 1. The maximum atomic E-state index is 10.7. The molecule has 134 valence electrons. The Bertz CT molecular complexity index is 903. The van der Waals surface area contributed by atoms with E-state index in [4.69, 9.17) is 19.7 Å². The predicted molar refractivity (Wildman–Crippen MR) is 94.7 cm³/mol. The summed E-state index contributed by atoms with van der Waals surface area (Å²) in [6.07, 6.45) is 0. The second-order valence-electron chi connectivity index (χ2n) is 5.78. The first-order valence-corrected chi connectivity index (χ1v) is 8.06. The van der Waals surface area contributed by atoms with Crippen LogP contribution in [0.4, 0.5) is 0 Å². The second-order valence-corrected chi connectivity index (χ2v) is 5.78. The molecule has 7 nitrogen and oxygen atoms in total. The highest BCUT2D eigenvalue weighted by Crippen LogP contribution is 2.23. The van der Waals surface area contributed by atoms with Gasteiger partial charge in [0.25, 0.3) is 11.8 Å². The highest BCUT2D eigenvalue weighted by atomic mass is 16.5. The zero-order valence-electron chi connectivity index (χ0n) is 14.6. The van der Waals surface area contributed by atoms with E-state index in [2.05, 4.69) is 10.1 Å². The topological polar surface area (TPSA) is 100 Å². The molecular weight excluding hydrogens is 334 g/mol. The summed E-state index contributed by atoms with van der Waals surface area (Å²) in [4.78, 5) is 15.1. The van der Waals surface area contributed by atoms with Crippen molar-refractivity contribution in [2.75, 3.05) is 6.61 Å². The number of aryl methyl sites for hydroxylation is 1. The summed E-state index contributed by atoms with van der Waals surface area (Å²) in [5.41, 5.74) is 8.05. The summed E-state index contributed by atoms with van der Waals surface area (Å²) < 4.78 is 16.2. The molecule has 7 heteroatoms. The van der Waals surface area contributed by atoms with Gasteiger partial charge in [0.1, 0.15) is 11.5 Å². The summed E-state index contributed by atoms with van der Waals surface area (Å²) in [5, 5.41) is 3.96. The lowest BCUT2D eigenvalue weighted by molar-refractivity contribution is -0.119. The van der Waals surface area contributed by atoms with Gasteiger partial charge in [-0.25, -0.2) is 0 Å². The molecule has 0 saturated heterocycles. The monoisotopic (exact) mass is 353 g/mol. The summed E-state index contributed by atoms with van der Waals surface area (Å²) in [7, 11) is 0. The molecule has 0 aliphatic rings. The quantitative estimate of drug-likeness (QED) is 0.701. The van der Waals surface area contributed by atoms with Crippen molar-refractivity contribution in [2.45, 2.75) is 20.5 Å². The van der Waals surface area contributed by atoms with E-state index in [0.29, 0.717) is 17.5 Å². The maximum Gasteiger partial charge on any atom is 0.264 e. The van der Waals surface area contributed by atoms with Gasteiger partial charge in [0, 0.05) is 5.56 Å². The zero-order chi connectivity index (χ0) is 18.5. The number of rotatable bonds is 7. The molecule has 0 aliphatic carbocycles. The van der Waals surface area contributed by atoms with Crippen molar-refractivity contribution in [3.05, 3.63) is 59.5 Å². The minimum absolute atomic E-state index is 0.165. The van der Waals surface area contributed by atoms with Crippen molar-refractivity contribution in [1.29, 1.82) is 0 Å². The Labute approximate surface area is 150 Å².